The van der Waals surface area contributed by atoms with Crippen LogP contribution in [0.5, 0.6) is 5.75 Å². The van der Waals surface area contributed by atoms with Crippen molar-refractivity contribution in [2.24, 2.45) is 5.92 Å². The minimum Gasteiger partial charge on any atom is -0.486 e. The molecule has 16 heavy (non-hydrogen) atoms. The molecule has 0 aliphatic carbocycles. The predicted octanol–water partition coefficient (Wildman–Crippen LogP) is 1.53. The SMILES string of the molecule is C[C@@H](Cc1ccc(OCC=O)cc1)C(=O)O. The standard InChI is InChI=1S/C12H14O4/c1-9(12(14)15)8-10-2-4-11(5-3-10)16-7-6-13/h2-6,9H,7-8H2,1H3,(H,14,15)/t9-/m0/s1. The lowest BCUT2D eigenvalue weighted by Gasteiger charge is -2.07. The molecule has 1 aromatic rings. The van der Waals surface area contributed by atoms with Gasteiger partial charge in [0.2, 0.25) is 0 Å². The number of hydrogen-bond acceptors (Lipinski definition) is 3. The van der Waals surface area contributed by atoms with Crippen LogP contribution in [0.2, 0.25) is 0 Å². The van der Waals surface area contributed by atoms with E-state index in [0.717, 1.165) is 5.56 Å². The quantitative estimate of drug-likeness (QED) is 0.741. The minimum atomic E-state index is -0.804. The van der Waals surface area contributed by atoms with Crippen molar-refractivity contribution in [3.8, 4) is 5.75 Å². The predicted molar refractivity (Wildman–Crippen MR) is 58.5 cm³/mol. The molecule has 0 fully saturated rings. The molecule has 86 valence electrons. The molecular weight excluding hydrogens is 208 g/mol. The summed E-state index contributed by atoms with van der Waals surface area (Å²) < 4.78 is 5.08. The lowest BCUT2D eigenvalue weighted by Crippen LogP contribution is -2.12. The number of hydrogen-bond donors (Lipinski definition) is 1. The van der Waals surface area contributed by atoms with E-state index in [2.05, 4.69) is 0 Å². The van der Waals surface area contributed by atoms with Crippen LogP contribution in [0.25, 0.3) is 0 Å². The first-order chi connectivity index (χ1) is 7.63. The third-order valence-corrected chi connectivity index (χ3v) is 2.20. The second-order valence-electron chi connectivity index (χ2n) is 3.57. The Morgan fingerprint density at radius 3 is 2.56 bits per heavy atom. The van der Waals surface area contributed by atoms with Crippen LogP contribution in [0.4, 0.5) is 0 Å². The van der Waals surface area contributed by atoms with Crippen LogP contribution in [0, 0.1) is 5.92 Å². The van der Waals surface area contributed by atoms with Crippen molar-refractivity contribution in [1.82, 2.24) is 0 Å². The highest BCUT2D eigenvalue weighted by atomic mass is 16.5. The van der Waals surface area contributed by atoms with Gasteiger partial charge in [0.05, 0.1) is 5.92 Å². The highest BCUT2D eigenvalue weighted by molar-refractivity contribution is 5.69. The zero-order valence-corrected chi connectivity index (χ0v) is 9.05. The Kier molecular flexibility index (Phi) is 4.51. The summed E-state index contributed by atoms with van der Waals surface area (Å²) in [5.74, 6) is -0.596. The van der Waals surface area contributed by atoms with Crippen molar-refractivity contribution < 1.29 is 19.4 Å². The summed E-state index contributed by atoms with van der Waals surface area (Å²) in [6.07, 6.45) is 1.17. The normalized spacial score (nSPS) is 11.8. The zero-order chi connectivity index (χ0) is 12.0. The van der Waals surface area contributed by atoms with Crippen LogP contribution in [-0.4, -0.2) is 24.0 Å². The van der Waals surface area contributed by atoms with Crippen LogP contribution in [0.15, 0.2) is 24.3 Å². The highest BCUT2D eigenvalue weighted by Crippen LogP contribution is 2.15. The number of carboxylic acids is 1. The van der Waals surface area contributed by atoms with E-state index >= 15 is 0 Å². The third-order valence-electron chi connectivity index (χ3n) is 2.20. The molecule has 0 unspecified atom stereocenters. The Bertz CT molecular complexity index is 356. The molecule has 4 nitrogen and oxygen atoms in total. The van der Waals surface area contributed by atoms with E-state index in [-0.39, 0.29) is 6.61 Å². The van der Waals surface area contributed by atoms with Gasteiger partial charge in [-0.1, -0.05) is 19.1 Å². The molecule has 0 saturated heterocycles. The molecular formula is C12H14O4. The van der Waals surface area contributed by atoms with Crippen LogP contribution in [-0.2, 0) is 16.0 Å². The van der Waals surface area contributed by atoms with E-state index in [0.29, 0.717) is 18.5 Å². The second-order valence-corrected chi connectivity index (χ2v) is 3.57. The van der Waals surface area contributed by atoms with E-state index < -0.39 is 11.9 Å². The number of aliphatic carboxylic acids is 1. The van der Waals surface area contributed by atoms with Crippen molar-refractivity contribution in [2.45, 2.75) is 13.3 Å². The fraction of sp³-hybridized carbons (Fsp3) is 0.333. The van der Waals surface area contributed by atoms with Gasteiger partial charge in [-0.25, -0.2) is 0 Å². The Hall–Kier alpha value is -1.84. The molecule has 0 saturated carbocycles. The van der Waals surface area contributed by atoms with Gasteiger partial charge in [-0.15, -0.1) is 0 Å². The zero-order valence-electron chi connectivity index (χ0n) is 9.05. The smallest absolute Gasteiger partial charge is 0.306 e. The van der Waals surface area contributed by atoms with Gasteiger partial charge in [0.25, 0.3) is 0 Å². The number of benzene rings is 1. The largest absolute Gasteiger partial charge is 0.486 e. The Balaban J connectivity index is 2.57. The summed E-state index contributed by atoms with van der Waals surface area (Å²) in [4.78, 5) is 20.7. The molecule has 1 aromatic carbocycles. The van der Waals surface area contributed by atoms with Crippen molar-refractivity contribution >= 4 is 12.3 Å². The van der Waals surface area contributed by atoms with Crippen LogP contribution in [0.3, 0.4) is 0 Å². The fourth-order valence-electron chi connectivity index (χ4n) is 1.29. The summed E-state index contributed by atoms with van der Waals surface area (Å²) in [5, 5.41) is 8.75. The van der Waals surface area contributed by atoms with Gasteiger partial charge in [-0.3, -0.25) is 9.59 Å². The van der Waals surface area contributed by atoms with Gasteiger partial charge >= 0.3 is 5.97 Å². The topological polar surface area (TPSA) is 63.6 Å². The minimum absolute atomic E-state index is 0.0326. The average Bonchev–Trinajstić information content (AvgIpc) is 2.28. The summed E-state index contributed by atoms with van der Waals surface area (Å²) in [7, 11) is 0. The van der Waals surface area contributed by atoms with Gasteiger partial charge in [0.15, 0.2) is 6.29 Å². The molecule has 1 rings (SSSR count). The molecule has 0 radical (unpaired) electrons. The lowest BCUT2D eigenvalue weighted by molar-refractivity contribution is -0.141. The third kappa shape index (κ3) is 3.73. The Labute approximate surface area is 93.9 Å². The summed E-state index contributed by atoms with van der Waals surface area (Å²) in [6, 6.07) is 7.07. The molecule has 0 spiro atoms. The average molecular weight is 222 g/mol. The van der Waals surface area contributed by atoms with Crippen molar-refractivity contribution in [3.05, 3.63) is 29.8 Å². The van der Waals surface area contributed by atoms with E-state index in [4.69, 9.17) is 9.84 Å². The van der Waals surface area contributed by atoms with Crippen molar-refractivity contribution in [3.63, 3.8) is 0 Å². The molecule has 0 amide bonds. The van der Waals surface area contributed by atoms with Gasteiger partial charge in [-0.2, -0.15) is 0 Å². The molecule has 4 heteroatoms. The number of rotatable bonds is 6. The van der Waals surface area contributed by atoms with Gasteiger partial charge < -0.3 is 9.84 Å². The van der Waals surface area contributed by atoms with E-state index in [1.165, 1.54) is 0 Å². The summed E-state index contributed by atoms with van der Waals surface area (Å²) in [6.45, 7) is 1.70. The van der Waals surface area contributed by atoms with Crippen molar-refractivity contribution in [2.75, 3.05) is 6.61 Å². The molecule has 0 aromatic heterocycles. The van der Waals surface area contributed by atoms with E-state index in [9.17, 15) is 9.59 Å². The fourth-order valence-corrected chi connectivity index (χ4v) is 1.29. The van der Waals surface area contributed by atoms with Crippen LogP contribution >= 0.6 is 0 Å². The molecule has 1 atom stereocenters. The second kappa shape index (κ2) is 5.90. The number of carbonyl (C=O) groups excluding carboxylic acids is 1. The molecule has 0 aliphatic heterocycles. The number of ether oxygens (including phenoxy) is 1. The first kappa shape index (κ1) is 12.2. The first-order valence-corrected chi connectivity index (χ1v) is 5.01. The summed E-state index contributed by atoms with van der Waals surface area (Å²) in [5.41, 5.74) is 0.938. The number of carboxylic acid groups (broad SMARTS) is 1. The van der Waals surface area contributed by atoms with Gasteiger partial charge in [0, 0.05) is 0 Å². The van der Waals surface area contributed by atoms with Crippen molar-refractivity contribution in [1.29, 1.82) is 0 Å². The maximum absolute atomic E-state index is 10.6. The Morgan fingerprint density at radius 1 is 1.44 bits per heavy atom. The van der Waals surface area contributed by atoms with Crippen LogP contribution < -0.4 is 4.74 Å². The molecule has 0 bridgehead atoms. The maximum atomic E-state index is 10.6. The first-order valence-electron chi connectivity index (χ1n) is 5.01. The number of aldehydes is 1. The molecule has 1 N–H and O–H groups in total. The van der Waals surface area contributed by atoms with Gasteiger partial charge in [-0.05, 0) is 24.1 Å². The Morgan fingerprint density at radius 2 is 2.06 bits per heavy atom. The lowest BCUT2D eigenvalue weighted by atomic mass is 10.0. The maximum Gasteiger partial charge on any atom is 0.306 e. The summed E-state index contributed by atoms with van der Waals surface area (Å²) >= 11 is 0. The highest BCUT2D eigenvalue weighted by Gasteiger charge is 2.11. The monoisotopic (exact) mass is 222 g/mol. The van der Waals surface area contributed by atoms with E-state index in [1.807, 2.05) is 0 Å². The number of carbonyl (C=O) groups is 2. The molecule has 0 aliphatic rings. The van der Waals surface area contributed by atoms with Gasteiger partial charge in [0.1, 0.15) is 12.4 Å². The van der Waals surface area contributed by atoms with E-state index in [1.54, 1.807) is 31.2 Å². The molecule has 0 heterocycles. The van der Waals surface area contributed by atoms with Crippen LogP contribution in [0.1, 0.15) is 12.5 Å².